The Morgan fingerprint density at radius 3 is 2.39 bits per heavy atom. The fraction of sp³-hybridized carbons (Fsp3) is 0.158. The zero-order valence-electron chi connectivity index (χ0n) is 13.4. The summed E-state index contributed by atoms with van der Waals surface area (Å²) in [6.07, 6.45) is 0. The first-order valence-electron chi connectivity index (χ1n) is 7.44. The van der Waals surface area contributed by atoms with E-state index in [1.165, 1.54) is 0 Å². The number of rotatable bonds is 3. The van der Waals surface area contributed by atoms with Crippen molar-refractivity contribution in [3.05, 3.63) is 69.5 Å². The second kappa shape index (κ2) is 6.34. The fourth-order valence-electron chi connectivity index (χ4n) is 2.49. The summed E-state index contributed by atoms with van der Waals surface area (Å²) < 4.78 is 0. The van der Waals surface area contributed by atoms with Crippen molar-refractivity contribution in [2.75, 3.05) is 5.32 Å². The summed E-state index contributed by atoms with van der Waals surface area (Å²) in [4.78, 5) is 16.9. The number of nitrogens with zero attached hydrogens (tertiary/aromatic N) is 1. The first-order chi connectivity index (χ1) is 11.0. The van der Waals surface area contributed by atoms with Crippen LogP contribution in [-0.4, -0.2) is 10.9 Å². The van der Waals surface area contributed by atoms with Crippen molar-refractivity contribution in [1.29, 1.82) is 0 Å². The first kappa shape index (κ1) is 15.4. The molecule has 0 saturated carbocycles. The number of aryl methyl sites for hydroxylation is 3. The van der Waals surface area contributed by atoms with Crippen molar-refractivity contribution in [3.63, 3.8) is 0 Å². The van der Waals surface area contributed by atoms with Gasteiger partial charge in [-0.2, -0.15) is 0 Å². The van der Waals surface area contributed by atoms with Gasteiger partial charge in [-0.3, -0.25) is 4.79 Å². The molecule has 4 heteroatoms. The quantitative estimate of drug-likeness (QED) is 0.738. The number of benzene rings is 2. The van der Waals surface area contributed by atoms with Crippen LogP contribution in [-0.2, 0) is 0 Å². The maximum Gasteiger partial charge on any atom is 0.255 e. The van der Waals surface area contributed by atoms with Crippen molar-refractivity contribution < 1.29 is 4.79 Å². The molecule has 2 aromatic carbocycles. The van der Waals surface area contributed by atoms with Crippen LogP contribution in [0.15, 0.2) is 47.8 Å². The number of carbonyl (C=O) groups is 1. The van der Waals surface area contributed by atoms with Gasteiger partial charge in [0, 0.05) is 22.2 Å². The number of anilines is 1. The van der Waals surface area contributed by atoms with Crippen LogP contribution in [0, 0.1) is 20.8 Å². The van der Waals surface area contributed by atoms with Crippen LogP contribution in [0.1, 0.15) is 26.5 Å². The molecule has 1 aromatic heterocycles. The number of hydrogen-bond donors (Lipinski definition) is 1. The summed E-state index contributed by atoms with van der Waals surface area (Å²) in [5.74, 6) is -0.0836. The molecule has 0 bridgehead atoms. The lowest BCUT2D eigenvalue weighted by Crippen LogP contribution is -2.13. The molecular formula is C19H18N2OS. The first-order valence-corrected chi connectivity index (χ1v) is 8.32. The van der Waals surface area contributed by atoms with Gasteiger partial charge in [-0.05, 0) is 44.5 Å². The number of nitrogens with one attached hydrogen (secondary N) is 1. The molecule has 116 valence electrons. The average Bonchev–Trinajstić information content (AvgIpc) is 2.94. The fourth-order valence-corrected chi connectivity index (χ4v) is 3.11. The number of aromatic nitrogens is 1. The summed E-state index contributed by atoms with van der Waals surface area (Å²) in [5.41, 5.74) is 5.65. The largest absolute Gasteiger partial charge is 0.322 e. The van der Waals surface area contributed by atoms with Gasteiger partial charge in [0.15, 0.2) is 0 Å². The molecule has 1 amide bonds. The van der Waals surface area contributed by atoms with Gasteiger partial charge in [0.2, 0.25) is 0 Å². The highest BCUT2D eigenvalue weighted by atomic mass is 32.1. The molecule has 0 atom stereocenters. The van der Waals surface area contributed by atoms with Gasteiger partial charge >= 0.3 is 0 Å². The third-order valence-electron chi connectivity index (χ3n) is 3.68. The van der Waals surface area contributed by atoms with Crippen molar-refractivity contribution in [1.82, 2.24) is 4.98 Å². The van der Waals surface area contributed by atoms with E-state index < -0.39 is 0 Å². The zero-order valence-corrected chi connectivity index (χ0v) is 14.2. The molecule has 0 saturated heterocycles. The molecule has 3 aromatic rings. The van der Waals surface area contributed by atoms with Crippen LogP contribution in [0.3, 0.4) is 0 Å². The Hall–Kier alpha value is -2.46. The minimum atomic E-state index is -0.0836. The van der Waals surface area contributed by atoms with E-state index >= 15 is 0 Å². The highest BCUT2D eigenvalue weighted by Crippen LogP contribution is 2.23. The Kier molecular flexibility index (Phi) is 4.26. The number of carbonyl (C=O) groups excluding carboxylic acids is 1. The molecule has 3 rings (SSSR count). The minimum absolute atomic E-state index is 0.0836. The highest BCUT2D eigenvalue weighted by molar-refractivity contribution is 7.09. The third kappa shape index (κ3) is 3.48. The Balaban J connectivity index is 1.76. The standard InChI is InChI=1S/C19H18N2OS/c1-12-4-9-17(13(2)10-12)19(22)21-16-7-5-15(6-8-16)18-11-23-14(3)20-18/h4-11H,1-3H3,(H,21,22). The van der Waals surface area contributed by atoms with Crippen LogP contribution in [0.2, 0.25) is 0 Å². The van der Waals surface area contributed by atoms with E-state index in [-0.39, 0.29) is 5.91 Å². The lowest BCUT2D eigenvalue weighted by atomic mass is 10.1. The second-order valence-electron chi connectivity index (χ2n) is 5.60. The topological polar surface area (TPSA) is 42.0 Å². The Morgan fingerprint density at radius 1 is 1.04 bits per heavy atom. The Bertz CT molecular complexity index is 850. The van der Waals surface area contributed by atoms with Crippen molar-refractivity contribution in [3.8, 4) is 11.3 Å². The maximum absolute atomic E-state index is 12.4. The van der Waals surface area contributed by atoms with Crippen LogP contribution in [0.5, 0.6) is 0 Å². The van der Waals surface area contributed by atoms with Gasteiger partial charge in [0.25, 0.3) is 5.91 Å². The molecular weight excluding hydrogens is 304 g/mol. The van der Waals surface area contributed by atoms with Gasteiger partial charge in [0.1, 0.15) is 0 Å². The van der Waals surface area contributed by atoms with E-state index in [0.717, 1.165) is 33.1 Å². The normalized spacial score (nSPS) is 10.6. The third-order valence-corrected chi connectivity index (χ3v) is 4.46. The maximum atomic E-state index is 12.4. The Morgan fingerprint density at radius 2 is 1.78 bits per heavy atom. The van der Waals surface area contributed by atoms with E-state index in [4.69, 9.17) is 0 Å². The van der Waals surface area contributed by atoms with Crippen LogP contribution >= 0.6 is 11.3 Å². The van der Waals surface area contributed by atoms with E-state index in [1.807, 2.05) is 68.6 Å². The smallest absolute Gasteiger partial charge is 0.255 e. The van der Waals surface area contributed by atoms with Gasteiger partial charge in [-0.15, -0.1) is 11.3 Å². The zero-order chi connectivity index (χ0) is 16.4. The van der Waals surface area contributed by atoms with E-state index in [9.17, 15) is 4.79 Å². The number of amides is 1. The second-order valence-corrected chi connectivity index (χ2v) is 6.66. The number of thiazole rings is 1. The van der Waals surface area contributed by atoms with Crippen LogP contribution < -0.4 is 5.32 Å². The number of hydrogen-bond acceptors (Lipinski definition) is 3. The monoisotopic (exact) mass is 322 g/mol. The molecule has 0 unspecified atom stereocenters. The van der Waals surface area contributed by atoms with Gasteiger partial charge in [-0.1, -0.05) is 29.8 Å². The van der Waals surface area contributed by atoms with Crippen LogP contribution in [0.4, 0.5) is 5.69 Å². The summed E-state index contributed by atoms with van der Waals surface area (Å²) in [6, 6.07) is 13.6. The summed E-state index contributed by atoms with van der Waals surface area (Å²) in [6.45, 7) is 5.97. The van der Waals surface area contributed by atoms with E-state index in [0.29, 0.717) is 5.56 Å². The lowest BCUT2D eigenvalue weighted by molar-refractivity contribution is 0.102. The summed E-state index contributed by atoms with van der Waals surface area (Å²) in [7, 11) is 0. The summed E-state index contributed by atoms with van der Waals surface area (Å²) >= 11 is 1.63. The molecule has 0 aliphatic carbocycles. The molecule has 1 N–H and O–H groups in total. The molecule has 0 radical (unpaired) electrons. The molecule has 3 nitrogen and oxygen atoms in total. The molecule has 23 heavy (non-hydrogen) atoms. The summed E-state index contributed by atoms with van der Waals surface area (Å²) in [5, 5.41) is 6.03. The predicted octanol–water partition coefficient (Wildman–Crippen LogP) is 4.99. The SMILES string of the molecule is Cc1ccc(C(=O)Nc2ccc(-c3csc(C)n3)cc2)c(C)c1. The highest BCUT2D eigenvalue weighted by Gasteiger charge is 2.09. The van der Waals surface area contributed by atoms with Gasteiger partial charge in [-0.25, -0.2) is 4.98 Å². The van der Waals surface area contributed by atoms with Crippen LogP contribution in [0.25, 0.3) is 11.3 Å². The average molecular weight is 322 g/mol. The molecule has 0 aliphatic heterocycles. The van der Waals surface area contributed by atoms with Crippen molar-refractivity contribution >= 4 is 22.9 Å². The Labute approximate surface area is 140 Å². The predicted molar refractivity (Wildman–Crippen MR) is 96.2 cm³/mol. The molecule has 0 aliphatic rings. The lowest BCUT2D eigenvalue weighted by Gasteiger charge is -2.09. The van der Waals surface area contributed by atoms with Gasteiger partial charge < -0.3 is 5.32 Å². The molecule has 1 heterocycles. The molecule has 0 spiro atoms. The minimum Gasteiger partial charge on any atom is -0.322 e. The van der Waals surface area contributed by atoms with E-state index in [2.05, 4.69) is 10.3 Å². The van der Waals surface area contributed by atoms with E-state index in [1.54, 1.807) is 11.3 Å². The van der Waals surface area contributed by atoms with Crippen molar-refractivity contribution in [2.24, 2.45) is 0 Å². The van der Waals surface area contributed by atoms with Crippen molar-refractivity contribution in [2.45, 2.75) is 20.8 Å². The molecule has 0 fully saturated rings. The van der Waals surface area contributed by atoms with Gasteiger partial charge in [0.05, 0.1) is 10.7 Å².